The fourth-order valence-corrected chi connectivity index (χ4v) is 11.4. The summed E-state index contributed by atoms with van der Waals surface area (Å²) in [6.07, 6.45) is 0. The van der Waals surface area contributed by atoms with E-state index < -0.39 is 0 Å². The predicted molar refractivity (Wildman–Crippen MR) is 234 cm³/mol. The van der Waals surface area contributed by atoms with E-state index in [4.69, 9.17) is 4.42 Å². The molecule has 3 aliphatic heterocycles. The van der Waals surface area contributed by atoms with E-state index in [0.717, 1.165) is 50.4 Å². The molecule has 262 valence electrons. The summed E-state index contributed by atoms with van der Waals surface area (Å²) in [5.41, 5.74) is 16.3. The molecule has 0 saturated heterocycles. The van der Waals surface area contributed by atoms with Gasteiger partial charge in [-0.25, -0.2) is 0 Å². The third kappa shape index (κ3) is 3.66. The van der Waals surface area contributed by atoms with E-state index in [-0.39, 0.29) is 12.1 Å². The standard InChI is InChI=1S/C49H31BN4OS/c1-49(2,3)28-21-22-42-32(25-28)46-48(56-42)50-33-14-9-18-37-47(33)54(36-17-8-13-30-29-11-4-6-15-34(29)52(37)45(30)36)39-24-27(26-51)23-38(44(39)50)53(46)35-16-10-20-41-43(35)31-12-5-7-19-40(31)55-41/h4-25H,1-3H3. The van der Waals surface area contributed by atoms with Crippen molar-refractivity contribution in [1.82, 2.24) is 4.57 Å². The highest BCUT2D eigenvalue weighted by molar-refractivity contribution is 7.33. The minimum absolute atomic E-state index is 0.0373. The van der Waals surface area contributed by atoms with Crippen LogP contribution in [0.2, 0.25) is 0 Å². The van der Waals surface area contributed by atoms with Gasteiger partial charge in [0.2, 0.25) is 0 Å². The van der Waals surface area contributed by atoms with Crippen LogP contribution in [-0.2, 0) is 5.41 Å². The second-order valence-electron chi connectivity index (χ2n) is 16.4. The van der Waals surface area contributed by atoms with Crippen LogP contribution in [0, 0.1) is 11.3 Å². The molecule has 0 unspecified atom stereocenters. The minimum Gasteiger partial charge on any atom is -0.456 e. The first kappa shape index (κ1) is 30.6. The minimum atomic E-state index is -0.0523. The molecule has 0 spiro atoms. The normalized spacial score (nSPS) is 13.9. The summed E-state index contributed by atoms with van der Waals surface area (Å²) >= 11 is 1.90. The molecule has 0 atom stereocenters. The van der Waals surface area contributed by atoms with Crippen LogP contribution in [0.1, 0.15) is 31.9 Å². The van der Waals surface area contributed by atoms with Gasteiger partial charge in [-0.1, -0.05) is 93.6 Å². The Morgan fingerprint density at radius 2 is 1.32 bits per heavy atom. The molecule has 0 amide bonds. The Bertz CT molecular complexity index is 3470. The smallest absolute Gasteiger partial charge is 0.264 e. The largest absolute Gasteiger partial charge is 0.456 e. The number of rotatable bonds is 1. The zero-order valence-corrected chi connectivity index (χ0v) is 31.7. The van der Waals surface area contributed by atoms with Crippen LogP contribution in [-0.4, -0.2) is 11.3 Å². The van der Waals surface area contributed by atoms with Crippen molar-refractivity contribution in [2.45, 2.75) is 26.2 Å². The van der Waals surface area contributed by atoms with Crippen molar-refractivity contribution in [2.24, 2.45) is 0 Å². The summed E-state index contributed by atoms with van der Waals surface area (Å²) in [4.78, 5) is 4.93. The summed E-state index contributed by atoms with van der Waals surface area (Å²) in [5.74, 6) is 0. The topological polar surface area (TPSA) is 48.3 Å². The maximum Gasteiger partial charge on any atom is 0.264 e. The number of benzene rings is 7. The third-order valence-corrected chi connectivity index (χ3v) is 13.7. The van der Waals surface area contributed by atoms with Gasteiger partial charge in [0.25, 0.3) is 6.71 Å². The molecule has 10 aromatic rings. The van der Waals surface area contributed by atoms with Crippen molar-refractivity contribution >= 4 is 122 Å². The summed E-state index contributed by atoms with van der Waals surface area (Å²) < 4.78 is 11.6. The van der Waals surface area contributed by atoms with Gasteiger partial charge in [0.05, 0.1) is 56.5 Å². The van der Waals surface area contributed by atoms with Crippen molar-refractivity contribution < 1.29 is 4.42 Å². The van der Waals surface area contributed by atoms with Gasteiger partial charge in [-0.3, -0.25) is 0 Å². The first-order chi connectivity index (χ1) is 27.4. The van der Waals surface area contributed by atoms with E-state index in [2.05, 4.69) is 169 Å². The van der Waals surface area contributed by atoms with Crippen LogP contribution in [0.3, 0.4) is 0 Å². The van der Waals surface area contributed by atoms with Gasteiger partial charge >= 0.3 is 0 Å². The molecule has 0 saturated carbocycles. The van der Waals surface area contributed by atoms with Crippen LogP contribution in [0.15, 0.2) is 138 Å². The van der Waals surface area contributed by atoms with E-state index in [0.29, 0.717) is 5.56 Å². The van der Waals surface area contributed by atoms with E-state index in [9.17, 15) is 5.26 Å². The maximum absolute atomic E-state index is 10.9. The molecule has 3 aromatic heterocycles. The van der Waals surface area contributed by atoms with Crippen molar-refractivity contribution in [1.29, 1.82) is 5.26 Å². The van der Waals surface area contributed by atoms with E-state index in [1.807, 2.05) is 17.4 Å². The molecule has 5 nitrogen and oxygen atoms in total. The molecule has 0 bridgehead atoms. The first-order valence-corrected chi connectivity index (χ1v) is 20.0. The van der Waals surface area contributed by atoms with Crippen LogP contribution in [0.25, 0.3) is 59.5 Å². The van der Waals surface area contributed by atoms with Crippen molar-refractivity contribution in [3.8, 4) is 11.8 Å². The molecular formula is C49H31BN4OS. The monoisotopic (exact) mass is 734 g/mol. The Kier molecular flexibility index (Phi) is 5.63. The van der Waals surface area contributed by atoms with Gasteiger partial charge in [0, 0.05) is 42.4 Å². The van der Waals surface area contributed by atoms with E-state index >= 15 is 0 Å². The number of fused-ring (bicyclic) bond motifs is 14. The van der Waals surface area contributed by atoms with Gasteiger partial charge in [0.15, 0.2) is 0 Å². The highest BCUT2D eigenvalue weighted by atomic mass is 32.1. The van der Waals surface area contributed by atoms with E-state index in [1.54, 1.807) is 0 Å². The number of furan rings is 1. The third-order valence-electron chi connectivity index (χ3n) is 12.4. The fraction of sp³-hybridized carbons (Fsp3) is 0.0816. The Labute approximate surface area is 326 Å². The van der Waals surface area contributed by atoms with Crippen LogP contribution in [0.5, 0.6) is 0 Å². The van der Waals surface area contributed by atoms with Crippen molar-refractivity contribution in [3.63, 3.8) is 0 Å². The molecule has 13 rings (SSSR count). The number of nitrogens with zero attached hydrogens (tertiary/aromatic N) is 4. The second-order valence-corrected chi connectivity index (χ2v) is 17.5. The quantitative estimate of drug-likeness (QED) is 0.158. The summed E-state index contributed by atoms with van der Waals surface area (Å²) in [5, 5.41) is 16.7. The Hall–Kier alpha value is -6.75. The van der Waals surface area contributed by atoms with Gasteiger partial charge < -0.3 is 18.8 Å². The molecule has 6 heterocycles. The lowest BCUT2D eigenvalue weighted by Gasteiger charge is -2.45. The summed E-state index contributed by atoms with van der Waals surface area (Å²) in [7, 11) is 0. The summed E-state index contributed by atoms with van der Waals surface area (Å²) in [6.45, 7) is 6.81. The highest BCUT2D eigenvalue weighted by Crippen LogP contribution is 2.54. The molecule has 0 fully saturated rings. The number of anilines is 6. The highest BCUT2D eigenvalue weighted by Gasteiger charge is 2.48. The lowest BCUT2D eigenvalue weighted by Crippen LogP contribution is -2.61. The molecule has 0 N–H and O–H groups in total. The van der Waals surface area contributed by atoms with Crippen LogP contribution in [0.4, 0.5) is 34.1 Å². The molecule has 7 aromatic carbocycles. The predicted octanol–water partition coefficient (Wildman–Crippen LogP) is 11.5. The molecule has 0 aliphatic carbocycles. The van der Waals surface area contributed by atoms with Crippen molar-refractivity contribution in [3.05, 3.63) is 145 Å². The van der Waals surface area contributed by atoms with Gasteiger partial charge in [-0.15, -0.1) is 11.3 Å². The molecule has 3 aliphatic rings. The zero-order valence-electron chi connectivity index (χ0n) is 30.9. The van der Waals surface area contributed by atoms with Crippen molar-refractivity contribution in [2.75, 3.05) is 9.80 Å². The number of para-hydroxylation sites is 4. The van der Waals surface area contributed by atoms with E-state index in [1.165, 1.54) is 64.5 Å². The van der Waals surface area contributed by atoms with Crippen LogP contribution < -0.4 is 25.5 Å². The fourth-order valence-electron chi connectivity index (χ4n) is 10.1. The van der Waals surface area contributed by atoms with Gasteiger partial charge in [0.1, 0.15) is 11.2 Å². The molecule has 56 heavy (non-hydrogen) atoms. The lowest BCUT2D eigenvalue weighted by atomic mass is 9.36. The lowest BCUT2D eigenvalue weighted by molar-refractivity contribution is 0.591. The Morgan fingerprint density at radius 1 is 0.625 bits per heavy atom. The summed E-state index contributed by atoms with van der Waals surface area (Å²) in [6, 6.07) is 50.9. The Balaban J connectivity index is 1.22. The van der Waals surface area contributed by atoms with Gasteiger partial charge in [-0.2, -0.15) is 5.26 Å². The zero-order chi connectivity index (χ0) is 37.2. The number of aromatic nitrogens is 1. The number of thiophene rings is 1. The second kappa shape index (κ2) is 10.3. The SMILES string of the molecule is CC(C)(C)c1ccc2sc3c(c2c1)N(c1cccc2oc4ccccc4c12)c1cc(C#N)cc2c1B3c1cccc3c1N2c1cccc2c4ccccc4n-3c12. The Morgan fingerprint density at radius 3 is 2.16 bits per heavy atom. The molecule has 7 heteroatoms. The average molecular weight is 735 g/mol. The van der Waals surface area contributed by atoms with Gasteiger partial charge in [-0.05, 0) is 82.6 Å². The number of hydrogen-bond acceptors (Lipinski definition) is 5. The number of nitriles is 1. The maximum atomic E-state index is 10.9. The average Bonchev–Trinajstić information content (AvgIpc) is 3.90. The van der Waals surface area contributed by atoms with Crippen LogP contribution >= 0.6 is 11.3 Å². The number of hydrogen-bond donors (Lipinski definition) is 0. The molecular weight excluding hydrogens is 703 g/mol. The molecule has 0 radical (unpaired) electrons. The first-order valence-electron chi connectivity index (χ1n) is 19.2.